The second-order valence-corrected chi connectivity index (χ2v) is 2.76. The third-order valence-corrected chi connectivity index (χ3v) is 1.91. The summed E-state index contributed by atoms with van der Waals surface area (Å²) < 4.78 is 0. The Morgan fingerprint density at radius 3 is 2.62 bits per heavy atom. The van der Waals surface area contributed by atoms with Gasteiger partial charge in [-0.1, -0.05) is 13.0 Å². The number of nitriles is 1. The third-order valence-electron chi connectivity index (χ3n) is 1.91. The molecule has 72 valence electrons. The molecule has 1 unspecified atom stereocenters. The lowest BCUT2D eigenvalue weighted by Crippen LogP contribution is -2.35. The lowest BCUT2D eigenvalue weighted by Gasteiger charge is -2.20. The van der Waals surface area contributed by atoms with Gasteiger partial charge in [0.1, 0.15) is 5.92 Å². The summed E-state index contributed by atoms with van der Waals surface area (Å²) in [6, 6.07) is 2.00. The van der Waals surface area contributed by atoms with Crippen LogP contribution in [0.5, 0.6) is 0 Å². The Bertz CT molecular complexity index is 217. The van der Waals surface area contributed by atoms with Crippen molar-refractivity contribution in [3.63, 3.8) is 0 Å². The van der Waals surface area contributed by atoms with Crippen molar-refractivity contribution in [3.8, 4) is 6.07 Å². The van der Waals surface area contributed by atoms with Crippen LogP contribution >= 0.6 is 0 Å². The monoisotopic (exact) mass is 180 g/mol. The minimum atomic E-state index is -0.500. The maximum atomic E-state index is 11.6. The quantitative estimate of drug-likeness (QED) is 0.603. The zero-order valence-corrected chi connectivity index (χ0v) is 8.29. The van der Waals surface area contributed by atoms with Gasteiger partial charge in [-0.25, -0.2) is 0 Å². The zero-order chi connectivity index (χ0) is 10.3. The molecule has 0 aromatic carbocycles. The van der Waals surface area contributed by atoms with Crippen molar-refractivity contribution < 1.29 is 4.79 Å². The molecule has 1 amide bonds. The van der Waals surface area contributed by atoms with Crippen LogP contribution in [0.25, 0.3) is 0 Å². The Morgan fingerprint density at radius 1 is 1.69 bits per heavy atom. The number of hydrogen-bond donors (Lipinski definition) is 0. The van der Waals surface area contributed by atoms with Gasteiger partial charge in [-0.05, 0) is 13.3 Å². The molecule has 0 aromatic rings. The molecule has 0 fully saturated rings. The van der Waals surface area contributed by atoms with Gasteiger partial charge in [0.15, 0.2) is 0 Å². The van der Waals surface area contributed by atoms with Crippen LogP contribution in [0.15, 0.2) is 12.7 Å². The third kappa shape index (κ3) is 3.29. The Hall–Kier alpha value is -1.30. The molecule has 0 spiro atoms. The molecule has 0 aliphatic carbocycles. The standard InChI is InChI=1S/C10H16N2O/c1-4-7-12(6-3)10(13)9(5-2)8-11/h4,9H,1,5-7H2,2-3H3. The van der Waals surface area contributed by atoms with Gasteiger partial charge in [0, 0.05) is 13.1 Å². The maximum absolute atomic E-state index is 11.6. The topological polar surface area (TPSA) is 44.1 Å². The molecule has 13 heavy (non-hydrogen) atoms. The Morgan fingerprint density at radius 2 is 2.31 bits per heavy atom. The first-order chi connectivity index (χ1) is 6.21. The summed E-state index contributed by atoms with van der Waals surface area (Å²) in [7, 11) is 0. The van der Waals surface area contributed by atoms with Crippen molar-refractivity contribution in [2.45, 2.75) is 20.3 Å². The number of rotatable bonds is 5. The van der Waals surface area contributed by atoms with E-state index >= 15 is 0 Å². The average molecular weight is 180 g/mol. The first kappa shape index (κ1) is 11.7. The maximum Gasteiger partial charge on any atom is 0.240 e. The van der Waals surface area contributed by atoms with E-state index in [-0.39, 0.29) is 5.91 Å². The van der Waals surface area contributed by atoms with Crippen molar-refractivity contribution in [1.82, 2.24) is 4.90 Å². The lowest BCUT2D eigenvalue weighted by molar-refractivity contribution is -0.133. The van der Waals surface area contributed by atoms with E-state index in [0.717, 1.165) is 0 Å². The number of carbonyl (C=O) groups is 1. The highest BCUT2D eigenvalue weighted by Crippen LogP contribution is 2.06. The minimum Gasteiger partial charge on any atom is -0.338 e. The highest BCUT2D eigenvalue weighted by atomic mass is 16.2. The van der Waals surface area contributed by atoms with Crippen molar-refractivity contribution in [3.05, 3.63) is 12.7 Å². The summed E-state index contributed by atoms with van der Waals surface area (Å²) in [5.41, 5.74) is 0. The van der Waals surface area contributed by atoms with Crippen LogP contribution in [0.2, 0.25) is 0 Å². The average Bonchev–Trinajstić information content (AvgIpc) is 2.15. The van der Waals surface area contributed by atoms with E-state index in [1.54, 1.807) is 11.0 Å². The highest BCUT2D eigenvalue weighted by Gasteiger charge is 2.20. The predicted octanol–water partition coefficient (Wildman–Crippen LogP) is 1.57. The molecular weight excluding hydrogens is 164 g/mol. The summed E-state index contributed by atoms with van der Waals surface area (Å²) in [5, 5.41) is 8.69. The number of nitrogens with zero attached hydrogens (tertiary/aromatic N) is 2. The van der Waals surface area contributed by atoms with Gasteiger partial charge in [0.2, 0.25) is 5.91 Å². The van der Waals surface area contributed by atoms with Crippen LogP contribution in [0.3, 0.4) is 0 Å². The number of hydrogen-bond acceptors (Lipinski definition) is 2. The number of amides is 1. The van der Waals surface area contributed by atoms with E-state index in [1.807, 2.05) is 19.9 Å². The van der Waals surface area contributed by atoms with Gasteiger partial charge >= 0.3 is 0 Å². The van der Waals surface area contributed by atoms with E-state index in [9.17, 15) is 4.79 Å². The first-order valence-corrected chi connectivity index (χ1v) is 4.50. The van der Waals surface area contributed by atoms with Crippen LogP contribution in [0.1, 0.15) is 20.3 Å². The molecule has 0 aromatic heterocycles. The van der Waals surface area contributed by atoms with Crippen LogP contribution in [-0.2, 0) is 4.79 Å². The number of carbonyl (C=O) groups excluding carboxylic acids is 1. The van der Waals surface area contributed by atoms with Crippen LogP contribution in [0.4, 0.5) is 0 Å². The fraction of sp³-hybridized carbons (Fsp3) is 0.600. The van der Waals surface area contributed by atoms with Gasteiger partial charge in [0.25, 0.3) is 0 Å². The second-order valence-electron chi connectivity index (χ2n) is 2.76. The van der Waals surface area contributed by atoms with Crippen molar-refractivity contribution in [2.24, 2.45) is 5.92 Å². The van der Waals surface area contributed by atoms with Gasteiger partial charge < -0.3 is 4.90 Å². The molecule has 3 nitrogen and oxygen atoms in total. The molecular formula is C10H16N2O. The zero-order valence-electron chi connectivity index (χ0n) is 8.29. The van der Waals surface area contributed by atoms with E-state index in [2.05, 4.69) is 6.58 Å². The lowest BCUT2D eigenvalue weighted by atomic mass is 10.1. The van der Waals surface area contributed by atoms with Crippen LogP contribution < -0.4 is 0 Å². The molecule has 1 atom stereocenters. The summed E-state index contributed by atoms with van der Waals surface area (Å²) >= 11 is 0. The smallest absolute Gasteiger partial charge is 0.240 e. The molecule has 0 bridgehead atoms. The van der Waals surface area contributed by atoms with Crippen molar-refractivity contribution in [1.29, 1.82) is 5.26 Å². The Kier molecular flexibility index (Phi) is 5.62. The van der Waals surface area contributed by atoms with Gasteiger partial charge in [-0.3, -0.25) is 4.79 Å². The fourth-order valence-corrected chi connectivity index (χ4v) is 1.07. The molecule has 0 rings (SSSR count). The van der Waals surface area contributed by atoms with E-state index in [1.165, 1.54) is 0 Å². The summed E-state index contributed by atoms with van der Waals surface area (Å²) in [6.07, 6.45) is 2.24. The van der Waals surface area contributed by atoms with Crippen molar-refractivity contribution in [2.75, 3.05) is 13.1 Å². The second kappa shape index (κ2) is 6.24. The molecule has 0 aliphatic rings. The Labute approximate surface area is 79.6 Å². The molecule has 0 radical (unpaired) electrons. The summed E-state index contributed by atoms with van der Waals surface area (Å²) in [6.45, 7) is 8.45. The molecule has 0 N–H and O–H groups in total. The Balaban J connectivity index is 4.35. The molecule has 0 saturated heterocycles. The SMILES string of the molecule is C=CCN(CC)C(=O)C(C#N)CC. The predicted molar refractivity (Wildman–Crippen MR) is 51.8 cm³/mol. The van der Waals surface area contributed by atoms with Crippen LogP contribution in [0, 0.1) is 17.2 Å². The van der Waals surface area contributed by atoms with E-state index in [4.69, 9.17) is 5.26 Å². The molecule has 3 heteroatoms. The van der Waals surface area contributed by atoms with E-state index < -0.39 is 5.92 Å². The summed E-state index contributed by atoms with van der Waals surface area (Å²) in [4.78, 5) is 13.2. The van der Waals surface area contributed by atoms with Crippen LogP contribution in [-0.4, -0.2) is 23.9 Å². The molecule has 0 aliphatic heterocycles. The largest absolute Gasteiger partial charge is 0.338 e. The van der Waals surface area contributed by atoms with Crippen molar-refractivity contribution >= 4 is 5.91 Å². The van der Waals surface area contributed by atoms with Gasteiger partial charge in [0.05, 0.1) is 6.07 Å². The van der Waals surface area contributed by atoms with E-state index in [0.29, 0.717) is 19.5 Å². The normalized spacial score (nSPS) is 11.5. The fourth-order valence-electron chi connectivity index (χ4n) is 1.07. The highest BCUT2D eigenvalue weighted by molar-refractivity contribution is 5.81. The first-order valence-electron chi connectivity index (χ1n) is 4.50. The molecule has 0 heterocycles. The van der Waals surface area contributed by atoms with Gasteiger partial charge in [-0.15, -0.1) is 6.58 Å². The van der Waals surface area contributed by atoms with Gasteiger partial charge in [-0.2, -0.15) is 5.26 Å². The minimum absolute atomic E-state index is 0.0904. The molecule has 0 saturated carbocycles. The summed E-state index contributed by atoms with van der Waals surface area (Å²) in [5.74, 6) is -0.590. The number of likely N-dealkylation sites (N-methyl/N-ethyl adjacent to an activating group) is 1.